The SMILES string of the molecule is CC(C)(NC(=O)c1cc(-c2ccc(F)cc2)cc(-n2cnnc2)c1)C(F)(F)F. The zero-order valence-electron chi connectivity index (χ0n) is 15.0. The molecule has 0 unspecified atom stereocenters. The maximum absolute atomic E-state index is 13.2. The van der Waals surface area contributed by atoms with Crippen molar-refractivity contribution in [3.63, 3.8) is 0 Å². The number of hydrogen-bond donors (Lipinski definition) is 1. The predicted molar refractivity (Wildman–Crippen MR) is 94.4 cm³/mol. The van der Waals surface area contributed by atoms with Gasteiger partial charge in [-0.15, -0.1) is 10.2 Å². The van der Waals surface area contributed by atoms with Crippen LogP contribution in [0.25, 0.3) is 16.8 Å². The number of halogens is 4. The van der Waals surface area contributed by atoms with Gasteiger partial charge in [0.15, 0.2) is 0 Å². The molecule has 0 aliphatic rings. The van der Waals surface area contributed by atoms with E-state index in [2.05, 4.69) is 10.2 Å². The van der Waals surface area contributed by atoms with Crippen LogP contribution >= 0.6 is 0 Å². The van der Waals surface area contributed by atoms with Crippen molar-refractivity contribution in [3.05, 3.63) is 66.5 Å². The fraction of sp³-hybridized carbons (Fsp3) is 0.211. The summed E-state index contributed by atoms with van der Waals surface area (Å²) < 4.78 is 54.1. The molecule has 3 rings (SSSR count). The van der Waals surface area contributed by atoms with Gasteiger partial charge in [0, 0.05) is 11.3 Å². The molecule has 28 heavy (non-hydrogen) atoms. The van der Waals surface area contributed by atoms with E-state index in [-0.39, 0.29) is 5.56 Å². The first kappa shape index (κ1) is 19.5. The van der Waals surface area contributed by atoms with Crippen molar-refractivity contribution < 1.29 is 22.4 Å². The molecule has 0 saturated heterocycles. The predicted octanol–water partition coefficient (Wildman–Crippen LogP) is 4.14. The minimum absolute atomic E-state index is 0.0165. The zero-order valence-corrected chi connectivity index (χ0v) is 15.0. The van der Waals surface area contributed by atoms with Gasteiger partial charge in [-0.05, 0) is 55.3 Å². The van der Waals surface area contributed by atoms with Crippen molar-refractivity contribution in [1.82, 2.24) is 20.1 Å². The van der Waals surface area contributed by atoms with E-state index >= 15 is 0 Å². The molecule has 0 aliphatic heterocycles. The van der Waals surface area contributed by atoms with E-state index in [1.54, 1.807) is 6.07 Å². The van der Waals surface area contributed by atoms with E-state index in [1.807, 2.05) is 5.32 Å². The van der Waals surface area contributed by atoms with Gasteiger partial charge in [0.25, 0.3) is 5.91 Å². The normalized spacial score (nSPS) is 12.1. The van der Waals surface area contributed by atoms with Gasteiger partial charge >= 0.3 is 6.18 Å². The molecule has 146 valence electrons. The van der Waals surface area contributed by atoms with Crippen molar-refractivity contribution in [2.45, 2.75) is 25.6 Å². The first-order chi connectivity index (χ1) is 13.1. The van der Waals surface area contributed by atoms with Crippen molar-refractivity contribution in [2.75, 3.05) is 0 Å². The Morgan fingerprint density at radius 3 is 2.14 bits per heavy atom. The van der Waals surface area contributed by atoms with Crippen LogP contribution < -0.4 is 5.32 Å². The molecule has 0 bridgehead atoms. The molecule has 0 atom stereocenters. The Balaban J connectivity index is 2.05. The van der Waals surface area contributed by atoms with Gasteiger partial charge in [-0.1, -0.05) is 12.1 Å². The minimum atomic E-state index is -4.62. The van der Waals surface area contributed by atoms with Crippen LogP contribution in [0.3, 0.4) is 0 Å². The highest BCUT2D eigenvalue weighted by molar-refractivity contribution is 5.96. The van der Waals surface area contributed by atoms with E-state index in [0.29, 0.717) is 16.8 Å². The van der Waals surface area contributed by atoms with E-state index < -0.39 is 23.4 Å². The molecule has 0 spiro atoms. The van der Waals surface area contributed by atoms with E-state index in [0.717, 1.165) is 13.8 Å². The highest BCUT2D eigenvalue weighted by Gasteiger charge is 2.48. The smallest absolute Gasteiger partial charge is 0.338 e. The van der Waals surface area contributed by atoms with Gasteiger partial charge in [-0.2, -0.15) is 13.2 Å². The Labute approximate surface area is 158 Å². The first-order valence-electron chi connectivity index (χ1n) is 8.22. The monoisotopic (exact) mass is 392 g/mol. The van der Waals surface area contributed by atoms with Crippen molar-refractivity contribution in [3.8, 4) is 16.8 Å². The number of nitrogens with zero attached hydrogens (tertiary/aromatic N) is 3. The van der Waals surface area contributed by atoms with Crippen LogP contribution in [0.4, 0.5) is 17.6 Å². The van der Waals surface area contributed by atoms with Crippen LogP contribution in [0, 0.1) is 5.82 Å². The second kappa shape index (κ2) is 7.06. The number of carbonyl (C=O) groups is 1. The van der Waals surface area contributed by atoms with E-state index in [1.165, 1.54) is 53.6 Å². The van der Waals surface area contributed by atoms with Gasteiger partial charge in [-0.3, -0.25) is 9.36 Å². The molecule has 0 aliphatic carbocycles. The summed E-state index contributed by atoms with van der Waals surface area (Å²) in [5, 5.41) is 9.39. The van der Waals surface area contributed by atoms with Crippen molar-refractivity contribution in [1.29, 1.82) is 0 Å². The Kier molecular flexibility index (Phi) is 4.93. The summed E-state index contributed by atoms with van der Waals surface area (Å²) in [5.41, 5.74) is -0.793. The summed E-state index contributed by atoms with van der Waals surface area (Å²) in [6.07, 6.45) is -1.83. The number of nitrogens with one attached hydrogen (secondary N) is 1. The van der Waals surface area contributed by atoms with Gasteiger partial charge in [-0.25, -0.2) is 4.39 Å². The largest absolute Gasteiger partial charge is 0.410 e. The average Bonchev–Trinajstić information content (AvgIpc) is 3.15. The summed E-state index contributed by atoms with van der Waals surface area (Å²) in [6.45, 7) is 1.77. The fourth-order valence-corrected chi connectivity index (χ4v) is 2.46. The summed E-state index contributed by atoms with van der Waals surface area (Å²) >= 11 is 0. The molecule has 1 amide bonds. The lowest BCUT2D eigenvalue weighted by Crippen LogP contribution is -2.54. The lowest BCUT2D eigenvalue weighted by molar-refractivity contribution is -0.182. The highest BCUT2D eigenvalue weighted by Crippen LogP contribution is 2.30. The zero-order chi connectivity index (χ0) is 20.5. The molecular weight excluding hydrogens is 376 g/mol. The second-order valence-electron chi connectivity index (χ2n) is 6.72. The van der Waals surface area contributed by atoms with Crippen molar-refractivity contribution >= 4 is 5.91 Å². The number of benzene rings is 2. The van der Waals surface area contributed by atoms with E-state index in [9.17, 15) is 22.4 Å². The fourth-order valence-electron chi connectivity index (χ4n) is 2.46. The molecule has 5 nitrogen and oxygen atoms in total. The van der Waals surface area contributed by atoms with Crippen molar-refractivity contribution in [2.24, 2.45) is 0 Å². The Hall–Kier alpha value is -3.23. The second-order valence-corrected chi connectivity index (χ2v) is 6.72. The third kappa shape index (κ3) is 4.03. The molecule has 0 saturated carbocycles. The Bertz CT molecular complexity index is 980. The highest BCUT2D eigenvalue weighted by atomic mass is 19.4. The number of hydrogen-bond acceptors (Lipinski definition) is 3. The first-order valence-corrected chi connectivity index (χ1v) is 8.22. The summed E-state index contributed by atoms with van der Waals surface area (Å²) in [4.78, 5) is 12.6. The molecule has 1 N–H and O–H groups in total. The quantitative estimate of drug-likeness (QED) is 0.679. The molecule has 3 aromatic rings. The van der Waals surface area contributed by atoms with E-state index in [4.69, 9.17) is 0 Å². The molecule has 0 fully saturated rings. The van der Waals surface area contributed by atoms with Gasteiger partial charge in [0.05, 0.1) is 0 Å². The van der Waals surface area contributed by atoms with Crippen LogP contribution in [0.2, 0.25) is 0 Å². The lowest BCUT2D eigenvalue weighted by Gasteiger charge is -2.29. The third-order valence-electron chi connectivity index (χ3n) is 4.21. The van der Waals surface area contributed by atoms with Crippen LogP contribution in [-0.4, -0.2) is 32.4 Å². The number of alkyl halides is 3. The minimum Gasteiger partial charge on any atom is -0.338 e. The van der Waals surface area contributed by atoms with Gasteiger partial charge < -0.3 is 5.32 Å². The van der Waals surface area contributed by atoms with Gasteiger partial charge in [0.1, 0.15) is 24.0 Å². The number of amides is 1. The molecule has 9 heteroatoms. The maximum atomic E-state index is 13.2. The molecule has 0 radical (unpaired) electrons. The Morgan fingerprint density at radius 1 is 0.964 bits per heavy atom. The topological polar surface area (TPSA) is 59.8 Å². The molecule has 1 heterocycles. The number of carbonyl (C=O) groups excluding carboxylic acids is 1. The standard InChI is InChI=1S/C19H16F4N4O/c1-18(2,19(21,22)23)26-17(28)14-7-13(12-3-5-15(20)6-4-12)8-16(9-14)27-10-24-25-11-27/h3-11H,1-2H3,(H,26,28). The number of aromatic nitrogens is 3. The van der Waals surface area contributed by atoms with Crippen LogP contribution in [0.15, 0.2) is 55.1 Å². The molecular formula is C19H16F4N4O. The number of rotatable bonds is 4. The third-order valence-corrected chi connectivity index (χ3v) is 4.21. The summed E-state index contributed by atoms with van der Waals surface area (Å²) in [6, 6.07) is 10.1. The van der Waals surface area contributed by atoms with Crippen LogP contribution in [0.1, 0.15) is 24.2 Å². The van der Waals surface area contributed by atoms with Gasteiger partial charge in [0.2, 0.25) is 0 Å². The molecule has 1 aromatic heterocycles. The summed E-state index contributed by atoms with van der Waals surface area (Å²) in [7, 11) is 0. The Morgan fingerprint density at radius 2 is 1.57 bits per heavy atom. The summed E-state index contributed by atoms with van der Waals surface area (Å²) in [5.74, 6) is -1.32. The molecule has 2 aromatic carbocycles. The van der Waals surface area contributed by atoms with Crippen LogP contribution in [-0.2, 0) is 0 Å². The average molecular weight is 392 g/mol. The lowest BCUT2D eigenvalue weighted by atomic mass is 10.00. The van der Waals surface area contributed by atoms with Crippen LogP contribution in [0.5, 0.6) is 0 Å². The maximum Gasteiger partial charge on any atom is 0.410 e.